The maximum absolute atomic E-state index is 12.2. The Hall–Kier alpha value is -0.870. The molecule has 3 rings (SSSR count). The zero-order chi connectivity index (χ0) is 11.3. The fourth-order valence-electron chi connectivity index (χ4n) is 3.25. The largest absolute Gasteiger partial charge is 0.388 e. The van der Waals surface area contributed by atoms with Gasteiger partial charge in [0.15, 0.2) is 0 Å². The van der Waals surface area contributed by atoms with Crippen LogP contribution < -0.4 is 0 Å². The van der Waals surface area contributed by atoms with Gasteiger partial charge in [0.05, 0.1) is 12.2 Å². The summed E-state index contributed by atoms with van der Waals surface area (Å²) in [6, 6.07) is 0. The van der Waals surface area contributed by atoms with Gasteiger partial charge in [0.1, 0.15) is 0 Å². The molecule has 1 amide bonds. The van der Waals surface area contributed by atoms with Gasteiger partial charge in [-0.15, -0.1) is 0 Å². The van der Waals surface area contributed by atoms with E-state index in [4.69, 9.17) is 0 Å². The van der Waals surface area contributed by atoms with E-state index in [1.165, 1.54) is 0 Å². The second-order valence-corrected chi connectivity index (χ2v) is 5.26. The van der Waals surface area contributed by atoms with E-state index in [0.717, 1.165) is 12.8 Å². The van der Waals surface area contributed by atoms with Crippen LogP contribution in [-0.2, 0) is 4.79 Å². The Kier molecular flexibility index (Phi) is 2.30. The lowest BCUT2D eigenvalue weighted by Gasteiger charge is -2.24. The first-order chi connectivity index (χ1) is 7.65. The maximum Gasteiger partial charge on any atom is 0.226 e. The average molecular weight is 223 g/mol. The second kappa shape index (κ2) is 3.57. The minimum atomic E-state index is -0.766. The van der Waals surface area contributed by atoms with Crippen molar-refractivity contribution in [2.75, 3.05) is 13.1 Å². The molecule has 88 valence electrons. The summed E-state index contributed by atoms with van der Waals surface area (Å²) in [6.07, 6.45) is 4.89. The van der Waals surface area contributed by atoms with Crippen LogP contribution in [0.25, 0.3) is 0 Å². The van der Waals surface area contributed by atoms with Crippen LogP contribution in [0.2, 0.25) is 0 Å². The normalized spacial score (nSPS) is 45.6. The lowest BCUT2D eigenvalue weighted by molar-refractivity contribution is -0.135. The van der Waals surface area contributed by atoms with Crippen molar-refractivity contribution in [3.05, 3.63) is 12.2 Å². The molecule has 1 heterocycles. The molecule has 5 unspecified atom stereocenters. The molecule has 4 nitrogen and oxygen atoms in total. The standard InChI is InChI=1S/C12H17NO3/c14-10-5-13(6-11(10)15)12(16)9-4-7-1-2-8(9)3-7/h1-2,7-11,14-15H,3-6H2. The smallest absolute Gasteiger partial charge is 0.226 e. The van der Waals surface area contributed by atoms with E-state index in [1.54, 1.807) is 4.90 Å². The van der Waals surface area contributed by atoms with Crippen LogP contribution in [0.15, 0.2) is 12.2 Å². The van der Waals surface area contributed by atoms with Gasteiger partial charge < -0.3 is 15.1 Å². The average Bonchev–Trinajstić information content (AvgIpc) is 2.94. The highest BCUT2D eigenvalue weighted by atomic mass is 16.3. The highest BCUT2D eigenvalue weighted by Gasteiger charge is 2.43. The number of aliphatic hydroxyl groups excluding tert-OH is 2. The molecule has 3 aliphatic rings. The van der Waals surface area contributed by atoms with Gasteiger partial charge in [0.25, 0.3) is 0 Å². The molecule has 5 atom stereocenters. The monoisotopic (exact) mass is 223 g/mol. The van der Waals surface area contributed by atoms with E-state index < -0.39 is 12.2 Å². The summed E-state index contributed by atoms with van der Waals surface area (Å²) in [4.78, 5) is 13.8. The molecule has 0 spiro atoms. The lowest BCUT2D eigenvalue weighted by Crippen LogP contribution is -2.36. The van der Waals surface area contributed by atoms with Gasteiger partial charge in [-0.1, -0.05) is 12.2 Å². The number of amides is 1. The van der Waals surface area contributed by atoms with Gasteiger partial charge in [-0.2, -0.15) is 0 Å². The highest BCUT2D eigenvalue weighted by molar-refractivity contribution is 5.80. The Morgan fingerprint density at radius 2 is 1.81 bits per heavy atom. The first kappa shape index (κ1) is 10.3. The SMILES string of the molecule is O=C(C1CC2C=CC1C2)N1CC(O)C(O)C1. The number of carbonyl (C=O) groups is 1. The molecule has 1 saturated carbocycles. The quantitative estimate of drug-likeness (QED) is 0.603. The zero-order valence-corrected chi connectivity index (χ0v) is 9.12. The number of hydrogen-bond donors (Lipinski definition) is 2. The van der Waals surface area contributed by atoms with Crippen LogP contribution in [0.1, 0.15) is 12.8 Å². The van der Waals surface area contributed by atoms with Crippen molar-refractivity contribution in [2.45, 2.75) is 25.0 Å². The molecule has 2 N–H and O–H groups in total. The molecule has 2 bridgehead atoms. The lowest BCUT2D eigenvalue weighted by atomic mass is 9.92. The number of allylic oxidation sites excluding steroid dienone is 2. The van der Waals surface area contributed by atoms with E-state index in [9.17, 15) is 15.0 Å². The third-order valence-electron chi connectivity index (χ3n) is 4.17. The summed E-state index contributed by atoms with van der Waals surface area (Å²) in [6.45, 7) is 0.579. The van der Waals surface area contributed by atoms with Crippen molar-refractivity contribution in [1.82, 2.24) is 4.90 Å². The number of nitrogens with zero attached hydrogens (tertiary/aromatic N) is 1. The fourth-order valence-corrected chi connectivity index (χ4v) is 3.25. The summed E-state index contributed by atoms with van der Waals surface area (Å²) in [5.74, 6) is 1.18. The molecular weight excluding hydrogens is 206 g/mol. The Labute approximate surface area is 94.6 Å². The minimum absolute atomic E-state index is 0.0903. The molecule has 2 aliphatic carbocycles. The molecule has 0 aromatic carbocycles. The van der Waals surface area contributed by atoms with Gasteiger partial charge in [0.2, 0.25) is 5.91 Å². The van der Waals surface area contributed by atoms with Crippen LogP contribution in [0.3, 0.4) is 0 Å². The molecule has 0 aromatic rings. The molecule has 16 heavy (non-hydrogen) atoms. The summed E-state index contributed by atoms with van der Waals surface area (Å²) in [7, 11) is 0. The van der Waals surface area contributed by atoms with Gasteiger partial charge in [-0.3, -0.25) is 4.79 Å². The fraction of sp³-hybridized carbons (Fsp3) is 0.750. The summed E-state index contributed by atoms with van der Waals surface area (Å²) in [5, 5.41) is 18.9. The maximum atomic E-state index is 12.2. The Morgan fingerprint density at radius 1 is 1.12 bits per heavy atom. The Bertz CT molecular complexity index is 331. The van der Waals surface area contributed by atoms with Gasteiger partial charge >= 0.3 is 0 Å². The predicted octanol–water partition coefficient (Wildman–Crippen LogP) is -0.237. The first-order valence-corrected chi connectivity index (χ1v) is 5.98. The number of likely N-dealkylation sites (tertiary alicyclic amines) is 1. The first-order valence-electron chi connectivity index (χ1n) is 5.98. The third kappa shape index (κ3) is 1.48. The topological polar surface area (TPSA) is 60.8 Å². The number of rotatable bonds is 1. The highest BCUT2D eigenvalue weighted by Crippen LogP contribution is 2.44. The third-order valence-corrected chi connectivity index (χ3v) is 4.17. The van der Waals surface area contributed by atoms with Crippen molar-refractivity contribution in [2.24, 2.45) is 17.8 Å². The molecule has 0 radical (unpaired) electrons. The molecule has 1 saturated heterocycles. The summed E-state index contributed by atoms with van der Waals surface area (Å²) in [5.41, 5.74) is 0. The van der Waals surface area contributed by atoms with Crippen LogP contribution in [0.4, 0.5) is 0 Å². The minimum Gasteiger partial charge on any atom is -0.388 e. The zero-order valence-electron chi connectivity index (χ0n) is 9.12. The number of fused-ring (bicyclic) bond motifs is 2. The number of β-amino-alcohol motifs (C(OH)–C–C–N with tert-alkyl or cyclic N) is 2. The summed E-state index contributed by atoms with van der Waals surface area (Å²) < 4.78 is 0. The van der Waals surface area contributed by atoms with Crippen molar-refractivity contribution in [3.8, 4) is 0 Å². The van der Waals surface area contributed by atoms with Gasteiger partial charge in [-0.25, -0.2) is 0 Å². The van der Waals surface area contributed by atoms with Crippen LogP contribution in [-0.4, -0.2) is 46.3 Å². The summed E-state index contributed by atoms with van der Waals surface area (Å²) >= 11 is 0. The van der Waals surface area contributed by atoms with E-state index in [-0.39, 0.29) is 24.9 Å². The van der Waals surface area contributed by atoms with Crippen LogP contribution in [0, 0.1) is 17.8 Å². The number of hydrogen-bond acceptors (Lipinski definition) is 3. The molecule has 0 aromatic heterocycles. The Morgan fingerprint density at radius 3 is 2.31 bits per heavy atom. The van der Waals surface area contributed by atoms with Crippen molar-refractivity contribution in [1.29, 1.82) is 0 Å². The molecular formula is C12H17NO3. The number of aliphatic hydroxyl groups is 2. The van der Waals surface area contributed by atoms with Gasteiger partial charge in [0, 0.05) is 19.0 Å². The molecule has 2 fully saturated rings. The van der Waals surface area contributed by atoms with E-state index in [0.29, 0.717) is 11.8 Å². The van der Waals surface area contributed by atoms with Crippen LogP contribution >= 0.6 is 0 Å². The van der Waals surface area contributed by atoms with Crippen molar-refractivity contribution >= 4 is 5.91 Å². The predicted molar refractivity (Wildman–Crippen MR) is 57.4 cm³/mol. The van der Waals surface area contributed by atoms with Crippen molar-refractivity contribution < 1.29 is 15.0 Å². The van der Waals surface area contributed by atoms with E-state index >= 15 is 0 Å². The number of carbonyl (C=O) groups excluding carboxylic acids is 1. The second-order valence-electron chi connectivity index (χ2n) is 5.26. The van der Waals surface area contributed by atoms with Crippen molar-refractivity contribution in [3.63, 3.8) is 0 Å². The van der Waals surface area contributed by atoms with E-state index in [1.807, 2.05) is 0 Å². The molecule has 1 aliphatic heterocycles. The van der Waals surface area contributed by atoms with Gasteiger partial charge in [-0.05, 0) is 24.7 Å². The Balaban J connectivity index is 1.68. The van der Waals surface area contributed by atoms with Crippen LogP contribution in [0.5, 0.6) is 0 Å². The molecule has 4 heteroatoms. The van der Waals surface area contributed by atoms with E-state index in [2.05, 4.69) is 12.2 Å².